The van der Waals surface area contributed by atoms with Crippen molar-refractivity contribution in [3.63, 3.8) is 0 Å². The summed E-state index contributed by atoms with van der Waals surface area (Å²) in [5, 5.41) is 0. The first-order valence-corrected chi connectivity index (χ1v) is 6.06. The Morgan fingerprint density at radius 1 is 0.586 bits per heavy atom. The van der Waals surface area contributed by atoms with Gasteiger partial charge in [-0.15, -0.1) is 0 Å². The first kappa shape index (κ1) is 25.5. The number of allylic oxidation sites excluding steroid dienone is 2. The van der Waals surface area contributed by atoms with Crippen LogP contribution in [0.2, 0.25) is 0 Å². The summed E-state index contributed by atoms with van der Waals surface area (Å²) in [7, 11) is 0. The molecule has 1 aliphatic rings. The lowest BCUT2D eigenvalue weighted by atomic mass is 9.85. The van der Waals surface area contributed by atoms with E-state index in [1.165, 1.54) is 0 Å². The van der Waals surface area contributed by atoms with Gasteiger partial charge in [-0.1, -0.05) is 0 Å². The molecule has 1 unspecified atom stereocenters. The average Bonchev–Trinajstić information content (AvgIpc) is 2.49. The molecular formula is C10F18O. The van der Waals surface area contributed by atoms with Crippen molar-refractivity contribution in [2.75, 3.05) is 0 Å². The van der Waals surface area contributed by atoms with Crippen LogP contribution in [0.1, 0.15) is 0 Å². The highest BCUT2D eigenvalue weighted by Crippen LogP contribution is 2.68. The van der Waals surface area contributed by atoms with E-state index in [4.69, 9.17) is 0 Å². The minimum absolute atomic E-state index is 1.64. The summed E-state index contributed by atoms with van der Waals surface area (Å²) in [4.78, 5) is 0. The van der Waals surface area contributed by atoms with E-state index in [9.17, 15) is 79.0 Å². The van der Waals surface area contributed by atoms with Gasteiger partial charge in [0.05, 0.1) is 0 Å². The van der Waals surface area contributed by atoms with Gasteiger partial charge in [-0.05, 0) is 0 Å². The fourth-order valence-electron chi connectivity index (χ4n) is 1.98. The predicted molar refractivity (Wildman–Crippen MR) is 49.9 cm³/mol. The van der Waals surface area contributed by atoms with E-state index in [1.54, 1.807) is 4.74 Å². The van der Waals surface area contributed by atoms with E-state index in [0.717, 1.165) is 0 Å². The number of halogens is 18. The molecule has 19 heteroatoms. The van der Waals surface area contributed by atoms with Crippen LogP contribution < -0.4 is 0 Å². The summed E-state index contributed by atoms with van der Waals surface area (Å²) in [5.74, 6) is -29.6. The van der Waals surface area contributed by atoms with Gasteiger partial charge >= 0.3 is 48.0 Å². The summed E-state index contributed by atoms with van der Waals surface area (Å²) in [6.07, 6.45) is -29.0. The molecule has 0 radical (unpaired) electrons. The third-order valence-electron chi connectivity index (χ3n) is 3.34. The minimum Gasteiger partial charge on any atom is -0.247 e. The van der Waals surface area contributed by atoms with E-state index >= 15 is 0 Å². The van der Waals surface area contributed by atoms with Crippen molar-refractivity contribution >= 4 is 0 Å². The molecule has 0 aromatic carbocycles. The van der Waals surface area contributed by atoms with Gasteiger partial charge < -0.3 is 0 Å². The molecule has 1 rings (SSSR count). The molecule has 1 nitrogen and oxygen atoms in total. The Morgan fingerprint density at radius 3 is 1.17 bits per heavy atom. The Morgan fingerprint density at radius 2 is 0.931 bits per heavy atom. The predicted octanol–water partition coefficient (Wildman–Crippen LogP) is 6.16. The molecule has 0 aromatic heterocycles. The Bertz CT molecular complexity index is 678. The zero-order valence-electron chi connectivity index (χ0n) is 12.2. The van der Waals surface area contributed by atoms with Gasteiger partial charge in [0.15, 0.2) is 11.4 Å². The van der Waals surface area contributed by atoms with Crippen molar-refractivity contribution < 1.29 is 83.8 Å². The van der Waals surface area contributed by atoms with Crippen LogP contribution in [-0.2, 0) is 4.74 Å². The van der Waals surface area contributed by atoms with Gasteiger partial charge in [0.2, 0.25) is 0 Å². The van der Waals surface area contributed by atoms with E-state index in [1.807, 2.05) is 0 Å². The van der Waals surface area contributed by atoms with Crippen molar-refractivity contribution in [3.05, 3.63) is 11.4 Å². The van der Waals surface area contributed by atoms with Gasteiger partial charge in [-0.2, -0.15) is 70.2 Å². The van der Waals surface area contributed by atoms with Crippen LogP contribution in [0.15, 0.2) is 11.4 Å². The third kappa shape index (κ3) is 3.09. The first-order chi connectivity index (χ1) is 12.2. The molecular weight excluding hydrogens is 478 g/mol. The van der Waals surface area contributed by atoms with Crippen LogP contribution in [-0.4, -0.2) is 48.0 Å². The fourth-order valence-corrected chi connectivity index (χ4v) is 1.98. The smallest absolute Gasteiger partial charge is 0.247 e. The molecule has 29 heavy (non-hydrogen) atoms. The average molecular weight is 478 g/mol. The van der Waals surface area contributed by atoms with Crippen molar-refractivity contribution in [3.8, 4) is 0 Å². The molecule has 1 aliphatic heterocycles. The summed E-state index contributed by atoms with van der Waals surface area (Å²) in [5.41, 5.74) is -13.2. The molecule has 1 fully saturated rings. The standard InChI is InChI=1S/C10F18O/c11-2(1(4(14,15)16)5(17,18)19)3(12,13)7(21,22)6(20)8(23,24)10(27,28)29-9(6,25)26. The van der Waals surface area contributed by atoms with Crippen molar-refractivity contribution in [1.29, 1.82) is 0 Å². The molecule has 0 N–H and O–H groups in total. The maximum Gasteiger partial charge on any atom is 0.428 e. The minimum atomic E-state index is -8.36. The van der Waals surface area contributed by atoms with E-state index < -0.39 is 59.4 Å². The third-order valence-corrected chi connectivity index (χ3v) is 3.34. The molecule has 0 aliphatic carbocycles. The SMILES string of the molecule is FC(=C(C(F)(F)F)C(F)(F)F)C(F)(F)C(F)(F)C1(F)C(F)(F)OC(F)(F)C1(F)F. The molecule has 1 saturated heterocycles. The van der Waals surface area contributed by atoms with Gasteiger partial charge in [0.1, 0.15) is 0 Å². The van der Waals surface area contributed by atoms with Crippen molar-refractivity contribution in [1.82, 2.24) is 0 Å². The summed E-state index contributed by atoms with van der Waals surface area (Å²) in [6.45, 7) is 0. The Hall–Kier alpha value is -1.56. The van der Waals surface area contributed by atoms with Crippen LogP contribution in [0.4, 0.5) is 79.0 Å². The fraction of sp³-hybridized carbons (Fsp3) is 0.800. The van der Waals surface area contributed by atoms with E-state index in [2.05, 4.69) is 0 Å². The summed E-state index contributed by atoms with van der Waals surface area (Å²) >= 11 is 0. The van der Waals surface area contributed by atoms with E-state index in [-0.39, 0.29) is 0 Å². The monoisotopic (exact) mass is 478 g/mol. The number of hydrogen-bond donors (Lipinski definition) is 0. The van der Waals surface area contributed by atoms with Crippen molar-refractivity contribution in [2.45, 2.75) is 48.0 Å². The molecule has 1 atom stereocenters. The molecule has 1 heterocycles. The number of ether oxygens (including phenoxy) is 1. The highest BCUT2D eigenvalue weighted by Gasteiger charge is 3.00. The van der Waals surface area contributed by atoms with E-state index in [0.29, 0.717) is 0 Å². The van der Waals surface area contributed by atoms with Gasteiger partial charge in [-0.25, -0.2) is 13.5 Å². The highest BCUT2D eigenvalue weighted by atomic mass is 19.4. The number of hydrogen-bond acceptors (Lipinski definition) is 1. The molecule has 172 valence electrons. The maximum absolute atomic E-state index is 13.8. The Kier molecular flexibility index (Phi) is 5.26. The van der Waals surface area contributed by atoms with Gasteiger partial charge in [0, 0.05) is 0 Å². The normalized spacial score (nSPS) is 27.1. The largest absolute Gasteiger partial charge is 0.428 e. The highest BCUT2D eigenvalue weighted by molar-refractivity contribution is 5.31. The quantitative estimate of drug-likeness (QED) is 0.442. The topological polar surface area (TPSA) is 9.23 Å². The zero-order valence-corrected chi connectivity index (χ0v) is 12.2. The molecule has 0 spiro atoms. The van der Waals surface area contributed by atoms with Crippen LogP contribution in [0, 0.1) is 0 Å². The molecule has 0 saturated carbocycles. The Labute approximate surface area is 144 Å². The van der Waals surface area contributed by atoms with Crippen LogP contribution in [0.25, 0.3) is 0 Å². The molecule has 0 aromatic rings. The lowest BCUT2D eigenvalue weighted by Gasteiger charge is -2.38. The zero-order chi connectivity index (χ0) is 23.9. The van der Waals surface area contributed by atoms with Gasteiger partial charge in [0.25, 0.3) is 0 Å². The second kappa shape index (κ2) is 5.99. The summed E-state index contributed by atoms with van der Waals surface area (Å²) in [6, 6.07) is 0. The lowest BCUT2D eigenvalue weighted by molar-refractivity contribution is -0.381. The van der Waals surface area contributed by atoms with Crippen LogP contribution in [0.3, 0.4) is 0 Å². The van der Waals surface area contributed by atoms with Crippen molar-refractivity contribution in [2.24, 2.45) is 0 Å². The Balaban J connectivity index is 3.93. The summed E-state index contributed by atoms with van der Waals surface area (Å²) < 4.78 is 233. The van der Waals surface area contributed by atoms with Gasteiger partial charge in [-0.3, -0.25) is 0 Å². The molecule has 0 bridgehead atoms. The number of alkyl halides is 17. The van der Waals surface area contributed by atoms with Crippen LogP contribution in [0.5, 0.6) is 0 Å². The number of rotatable bonds is 3. The second-order valence-corrected chi connectivity index (χ2v) is 5.20. The maximum atomic E-state index is 13.8. The second-order valence-electron chi connectivity index (χ2n) is 5.20. The lowest BCUT2D eigenvalue weighted by Crippen LogP contribution is -2.70. The first-order valence-electron chi connectivity index (χ1n) is 6.06. The van der Waals surface area contributed by atoms with Crippen LogP contribution >= 0.6 is 0 Å². The molecule has 0 amide bonds.